The molecular formula is C23H24BrN3S. The van der Waals surface area contributed by atoms with E-state index in [2.05, 4.69) is 71.2 Å². The summed E-state index contributed by atoms with van der Waals surface area (Å²) in [5.41, 5.74) is 8.57. The van der Waals surface area contributed by atoms with Crippen molar-refractivity contribution in [3.63, 3.8) is 0 Å². The summed E-state index contributed by atoms with van der Waals surface area (Å²) in [6.45, 7) is 8.48. The molecule has 1 aromatic carbocycles. The van der Waals surface area contributed by atoms with Gasteiger partial charge in [0, 0.05) is 40.6 Å². The van der Waals surface area contributed by atoms with Crippen molar-refractivity contribution in [2.45, 2.75) is 40.0 Å². The second-order valence-corrected chi connectivity index (χ2v) is 9.61. The van der Waals surface area contributed by atoms with E-state index in [0.717, 1.165) is 41.6 Å². The molecule has 0 saturated carbocycles. The molecule has 0 bridgehead atoms. The molecule has 1 aliphatic rings. The molecule has 1 fully saturated rings. The number of halogens is 1. The number of benzene rings is 1. The van der Waals surface area contributed by atoms with Crippen LogP contribution >= 0.6 is 27.3 Å². The summed E-state index contributed by atoms with van der Waals surface area (Å²) < 4.78 is 2.40. The fourth-order valence-electron chi connectivity index (χ4n) is 4.37. The van der Waals surface area contributed by atoms with Crippen molar-refractivity contribution in [1.29, 1.82) is 5.26 Å². The summed E-state index contributed by atoms with van der Waals surface area (Å²) in [5.74, 6) is 0.548. The molecule has 0 N–H and O–H groups in total. The molecule has 3 nitrogen and oxygen atoms in total. The lowest BCUT2D eigenvalue weighted by atomic mass is 9.93. The van der Waals surface area contributed by atoms with Gasteiger partial charge in [0.15, 0.2) is 0 Å². The molecule has 0 spiro atoms. The summed E-state index contributed by atoms with van der Waals surface area (Å²) in [4.78, 5) is 7.44. The van der Waals surface area contributed by atoms with Gasteiger partial charge in [-0.05, 0) is 74.4 Å². The molecule has 28 heavy (non-hydrogen) atoms. The molecule has 4 rings (SSSR count). The first-order valence-electron chi connectivity index (χ1n) is 9.75. The lowest BCUT2D eigenvalue weighted by Gasteiger charge is -2.33. The SMILES string of the molecule is Cc1cc(N2CCC(CC#N)CC2)c2scc(-c3c(C)cc(Br)cc3C)c2n1. The molecule has 0 unspecified atom stereocenters. The average molecular weight is 454 g/mol. The third kappa shape index (κ3) is 3.56. The molecule has 3 heterocycles. The average Bonchev–Trinajstić information content (AvgIpc) is 3.05. The number of anilines is 1. The van der Waals surface area contributed by atoms with E-state index in [4.69, 9.17) is 10.2 Å². The van der Waals surface area contributed by atoms with Gasteiger partial charge in [-0.3, -0.25) is 4.98 Å². The van der Waals surface area contributed by atoms with E-state index in [0.29, 0.717) is 12.3 Å². The topological polar surface area (TPSA) is 39.9 Å². The Kier molecular flexibility index (Phi) is 5.44. The standard InChI is InChI=1S/C23H24BrN3S/c1-14-10-18(24)11-15(2)21(14)19-13-28-23-20(12-16(3)26-22(19)23)27-8-5-17(4-7-25)6-9-27/h10-13,17H,4-6,8-9H2,1-3H3. The maximum Gasteiger partial charge on any atom is 0.0912 e. The fourth-order valence-corrected chi connectivity index (χ4v) is 6.10. The summed E-state index contributed by atoms with van der Waals surface area (Å²) >= 11 is 5.41. The largest absolute Gasteiger partial charge is 0.370 e. The minimum absolute atomic E-state index is 0.548. The number of aromatic nitrogens is 1. The van der Waals surface area contributed by atoms with E-state index in [9.17, 15) is 0 Å². The van der Waals surface area contributed by atoms with E-state index in [-0.39, 0.29) is 0 Å². The zero-order valence-corrected chi connectivity index (χ0v) is 19.0. The number of hydrogen-bond acceptors (Lipinski definition) is 4. The molecule has 0 aliphatic carbocycles. The number of rotatable bonds is 3. The highest BCUT2D eigenvalue weighted by Gasteiger charge is 2.23. The molecule has 3 aromatic rings. The van der Waals surface area contributed by atoms with E-state index >= 15 is 0 Å². The second kappa shape index (κ2) is 7.85. The summed E-state index contributed by atoms with van der Waals surface area (Å²) in [5, 5.41) is 11.2. The number of nitriles is 1. The minimum Gasteiger partial charge on any atom is -0.370 e. The lowest BCUT2D eigenvalue weighted by molar-refractivity contribution is 0.413. The van der Waals surface area contributed by atoms with E-state index in [1.807, 2.05) is 0 Å². The highest BCUT2D eigenvalue weighted by molar-refractivity contribution is 9.10. The first-order chi connectivity index (χ1) is 13.5. The fraction of sp³-hybridized carbons (Fsp3) is 0.391. The Hall–Kier alpha value is -1.90. The zero-order chi connectivity index (χ0) is 19.8. The van der Waals surface area contributed by atoms with Gasteiger partial charge in [-0.2, -0.15) is 5.26 Å². The van der Waals surface area contributed by atoms with Crippen LogP contribution in [0.2, 0.25) is 0 Å². The third-order valence-corrected chi connectivity index (χ3v) is 7.18. The van der Waals surface area contributed by atoms with Crippen LogP contribution < -0.4 is 4.90 Å². The minimum atomic E-state index is 0.548. The van der Waals surface area contributed by atoms with Crippen LogP contribution in [0.4, 0.5) is 5.69 Å². The van der Waals surface area contributed by atoms with Crippen molar-refractivity contribution < 1.29 is 0 Å². The van der Waals surface area contributed by atoms with Crippen LogP contribution in [0.5, 0.6) is 0 Å². The lowest BCUT2D eigenvalue weighted by Crippen LogP contribution is -2.33. The van der Waals surface area contributed by atoms with Crippen molar-refractivity contribution in [3.8, 4) is 17.2 Å². The van der Waals surface area contributed by atoms with Crippen LogP contribution in [0.3, 0.4) is 0 Å². The van der Waals surface area contributed by atoms with E-state index in [1.165, 1.54) is 32.6 Å². The number of thiophene rings is 1. The maximum atomic E-state index is 8.98. The predicted molar refractivity (Wildman–Crippen MR) is 122 cm³/mol. The number of aryl methyl sites for hydroxylation is 3. The first kappa shape index (κ1) is 19.4. The number of nitrogens with zero attached hydrogens (tertiary/aromatic N) is 3. The van der Waals surface area contributed by atoms with Crippen LogP contribution in [0.1, 0.15) is 36.1 Å². The van der Waals surface area contributed by atoms with Crippen LogP contribution in [0, 0.1) is 38.0 Å². The Labute approximate surface area is 179 Å². The number of fused-ring (bicyclic) bond motifs is 1. The highest BCUT2D eigenvalue weighted by Crippen LogP contribution is 2.42. The van der Waals surface area contributed by atoms with Gasteiger partial charge in [0.2, 0.25) is 0 Å². The Morgan fingerprint density at radius 1 is 1.18 bits per heavy atom. The zero-order valence-electron chi connectivity index (χ0n) is 16.6. The number of hydrogen-bond donors (Lipinski definition) is 0. The van der Waals surface area contributed by atoms with Crippen LogP contribution in [-0.4, -0.2) is 18.1 Å². The Bertz CT molecular complexity index is 1050. The molecule has 144 valence electrons. The molecule has 0 radical (unpaired) electrons. The Morgan fingerprint density at radius 2 is 1.86 bits per heavy atom. The second-order valence-electron chi connectivity index (χ2n) is 7.82. The van der Waals surface area contributed by atoms with Crippen molar-refractivity contribution in [1.82, 2.24) is 4.98 Å². The summed E-state index contributed by atoms with van der Waals surface area (Å²) in [6.07, 6.45) is 2.88. The van der Waals surface area contributed by atoms with Crippen molar-refractivity contribution >= 4 is 43.2 Å². The smallest absolute Gasteiger partial charge is 0.0912 e. The Balaban J connectivity index is 1.77. The van der Waals surface area contributed by atoms with Gasteiger partial charge in [0.05, 0.1) is 22.0 Å². The molecule has 5 heteroatoms. The quantitative estimate of drug-likeness (QED) is 0.438. The normalized spacial score (nSPS) is 15.2. The van der Waals surface area contributed by atoms with Crippen LogP contribution in [0.25, 0.3) is 21.3 Å². The predicted octanol–water partition coefficient (Wildman–Crippen LogP) is 6.78. The monoisotopic (exact) mass is 453 g/mol. The third-order valence-electron chi connectivity index (χ3n) is 5.73. The molecule has 0 atom stereocenters. The highest BCUT2D eigenvalue weighted by atomic mass is 79.9. The number of pyridine rings is 1. The van der Waals surface area contributed by atoms with Gasteiger partial charge in [-0.1, -0.05) is 15.9 Å². The van der Waals surface area contributed by atoms with Gasteiger partial charge in [-0.15, -0.1) is 11.3 Å². The Morgan fingerprint density at radius 3 is 2.50 bits per heavy atom. The summed E-state index contributed by atoms with van der Waals surface area (Å²) in [6, 6.07) is 8.93. The van der Waals surface area contributed by atoms with Gasteiger partial charge in [0.1, 0.15) is 0 Å². The van der Waals surface area contributed by atoms with Crippen molar-refractivity contribution in [2.75, 3.05) is 18.0 Å². The molecule has 1 saturated heterocycles. The van der Waals surface area contributed by atoms with Crippen molar-refractivity contribution in [3.05, 3.63) is 44.9 Å². The molecular weight excluding hydrogens is 430 g/mol. The van der Waals surface area contributed by atoms with Gasteiger partial charge < -0.3 is 4.90 Å². The molecule has 2 aromatic heterocycles. The first-order valence-corrected chi connectivity index (χ1v) is 11.4. The summed E-state index contributed by atoms with van der Waals surface area (Å²) in [7, 11) is 0. The van der Waals surface area contributed by atoms with Crippen LogP contribution in [-0.2, 0) is 0 Å². The van der Waals surface area contributed by atoms with E-state index < -0.39 is 0 Å². The van der Waals surface area contributed by atoms with Gasteiger partial charge >= 0.3 is 0 Å². The van der Waals surface area contributed by atoms with E-state index in [1.54, 1.807) is 11.3 Å². The van der Waals surface area contributed by atoms with Crippen LogP contribution in [0.15, 0.2) is 28.1 Å². The maximum absolute atomic E-state index is 8.98. The van der Waals surface area contributed by atoms with Gasteiger partial charge in [-0.25, -0.2) is 0 Å². The molecule has 0 amide bonds. The van der Waals surface area contributed by atoms with Crippen molar-refractivity contribution in [2.24, 2.45) is 5.92 Å². The van der Waals surface area contributed by atoms with Gasteiger partial charge in [0.25, 0.3) is 0 Å². The molecule has 1 aliphatic heterocycles. The number of piperidine rings is 1.